The van der Waals surface area contributed by atoms with Crippen LogP contribution in [0.1, 0.15) is 34.6 Å². The predicted octanol–water partition coefficient (Wildman–Crippen LogP) is 1.05. The summed E-state index contributed by atoms with van der Waals surface area (Å²) in [5.41, 5.74) is 6.17. The van der Waals surface area contributed by atoms with Crippen molar-refractivity contribution in [2.45, 2.75) is 32.2 Å². The monoisotopic (exact) mass is 475 g/mol. The van der Waals surface area contributed by atoms with Crippen molar-refractivity contribution in [1.82, 2.24) is 20.8 Å². The van der Waals surface area contributed by atoms with E-state index in [-0.39, 0.29) is 42.4 Å². The van der Waals surface area contributed by atoms with E-state index in [1.54, 1.807) is 6.92 Å². The Kier molecular flexibility index (Phi) is 6.07. The fourth-order valence-corrected chi connectivity index (χ4v) is 6.20. The number of nitrogens with one attached hydrogen (secondary N) is 2. The molecule has 0 saturated carbocycles. The van der Waals surface area contributed by atoms with Crippen LogP contribution in [0.2, 0.25) is 0 Å². The van der Waals surface area contributed by atoms with Gasteiger partial charge in [-0.2, -0.15) is 5.10 Å². The molecule has 2 aromatic rings. The first kappa shape index (κ1) is 22.1. The van der Waals surface area contributed by atoms with Gasteiger partial charge in [0.15, 0.2) is 9.84 Å². The fourth-order valence-electron chi connectivity index (χ4n) is 3.54. The van der Waals surface area contributed by atoms with Gasteiger partial charge in [0.1, 0.15) is 15.6 Å². The average molecular weight is 476 g/mol. The second kappa shape index (κ2) is 8.79. The topological polar surface area (TPSA) is 138 Å². The molecule has 3 amide bonds. The number of benzene rings is 1. The number of sulfone groups is 1. The molecule has 12 heteroatoms. The van der Waals surface area contributed by atoms with Crippen LogP contribution in [0.25, 0.3) is 10.6 Å². The number of aryl methyl sites for hydroxylation is 1. The molecule has 1 fully saturated rings. The number of hydrazine groups is 1. The van der Waals surface area contributed by atoms with Crippen LogP contribution in [0.4, 0.5) is 0 Å². The van der Waals surface area contributed by atoms with Crippen LogP contribution >= 0.6 is 11.3 Å². The van der Waals surface area contributed by atoms with Gasteiger partial charge in [0.25, 0.3) is 11.8 Å². The van der Waals surface area contributed by atoms with Crippen molar-refractivity contribution < 1.29 is 22.8 Å². The van der Waals surface area contributed by atoms with Crippen molar-refractivity contribution in [3.8, 4) is 10.6 Å². The highest BCUT2D eigenvalue weighted by Gasteiger charge is 2.37. The minimum absolute atomic E-state index is 0.00623. The van der Waals surface area contributed by atoms with Gasteiger partial charge in [0.05, 0.1) is 23.2 Å². The fraction of sp³-hybridized carbons (Fsp3) is 0.350. The Balaban J connectivity index is 1.41. The van der Waals surface area contributed by atoms with Gasteiger partial charge in [-0.3, -0.25) is 25.2 Å². The Hall–Kier alpha value is -3.12. The molecule has 2 N–H and O–H groups in total. The first-order chi connectivity index (χ1) is 15.2. The molecule has 0 radical (unpaired) electrons. The van der Waals surface area contributed by atoms with Gasteiger partial charge in [0.2, 0.25) is 5.91 Å². The molecule has 32 heavy (non-hydrogen) atoms. The number of hydrogen-bond acceptors (Lipinski definition) is 8. The Morgan fingerprint density at radius 3 is 2.53 bits per heavy atom. The van der Waals surface area contributed by atoms with Gasteiger partial charge in [-0.15, -0.1) is 11.3 Å². The SMILES string of the molecule is Cc1nc(-c2ccccc2)sc1C(=O)NNC(=O)C1=NN([C@H]2CCS(=O)(=O)C2)C(=O)CC1. The number of rotatable bonds is 4. The predicted molar refractivity (Wildman–Crippen MR) is 118 cm³/mol. The van der Waals surface area contributed by atoms with E-state index in [1.807, 2.05) is 30.3 Å². The number of carbonyl (C=O) groups is 3. The van der Waals surface area contributed by atoms with E-state index in [0.717, 1.165) is 10.6 Å². The van der Waals surface area contributed by atoms with Crippen molar-refractivity contribution in [3.05, 3.63) is 40.9 Å². The van der Waals surface area contributed by atoms with E-state index in [1.165, 1.54) is 11.3 Å². The molecule has 10 nitrogen and oxygen atoms in total. The summed E-state index contributed by atoms with van der Waals surface area (Å²) in [6.45, 7) is 1.71. The summed E-state index contributed by atoms with van der Waals surface area (Å²) in [6.07, 6.45) is 0.441. The van der Waals surface area contributed by atoms with Crippen molar-refractivity contribution >= 4 is 44.6 Å². The maximum Gasteiger partial charge on any atom is 0.285 e. The van der Waals surface area contributed by atoms with E-state index in [2.05, 4.69) is 20.9 Å². The highest BCUT2D eigenvalue weighted by molar-refractivity contribution is 7.91. The number of nitrogens with zero attached hydrogens (tertiary/aromatic N) is 3. The van der Waals surface area contributed by atoms with Crippen molar-refractivity contribution in [2.24, 2.45) is 5.10 Å². The summed E-state index contributed by atoms with van der Waals surface area (Å²) < 4.78 is 23.4. The van der Waals surface area contributed by atoms with Crippen LogP contribution in [-0.4, -0.2) is 59.4 Å². The Labute approximate surface area is 188 Å². The molecule has 0 bridgehead atoms. The number of carbonyl (C=O) groups excluding carboxylic acids is 3. The summed E-state index contributed by atoms with van der Waals surface area (Å²) in [6, 6.07) is 8.87. The van der Waals surface area contributed by atoms with E-state index in [4.69, 9.17) is 0 Å². The Morgan fingerprint density at radius 1 is 1.12 bits per heavy atom. The summed E-state index contributed by atoms with van der Waals surface area (Å²) in [5.74, 6) is -1.65. The second-order valence-electron chi connectivity index (χ2n) is 7.55. The van der Waals surface area contributed by atoms with Crippen LogP contribution in [0.5, 0.6) is 0 Å². The van der Waals surface area contributed by atoms with E-state index in [9.17, 15) is 22.8 Å². The molecular formula is C20H21N5O5S2. The molecule has 1 atom stereocenters. The Bertz CT molecular complexity index is 1210. The smallest absolute Gasteiger partial charge is 0.273 e. The van der Waals surface area contributed by atoms with Crippen LogP contribution in [0.3, 0.4) is 0 Å². The standard InChI is InChI=1S/C20H21N5O5S2/c1-12-17(31-20(21-12)13-5-3-2-4-6-13)19(28)23-22-18(27)15-7-8-16(26)25(24-15)14-9-10-32(29,30)11-14/h2-6,14H,7-11H2,1H3,(H,22,27)(H,23,28)/t14-/m0/s1. The van der Waals surface area contributed by atoms with Crippen LogP contribution < -0.4 is 10.9 Å². The molecule has 0 spiro atoms. The van der Waals surface area contributed by atoms with Crippen molar-refractivity contribution in [1.29, 1.82) is 0 Å². The zero-order chi connectivity index (χ0) is 22.9. The van der Waals surface area contributed by atoms with Gasteiger partial charge in [-0.05, 0) is 13.3 Å². The number of aromatic nitrogens is 1. The lowest BCUT2D eigenvalue weighted by molar-refractivity contribution is -0.133. The lowest BCUT2D eigenvalue weighted by atomic mass is 10.1. The largest absolute Gasteiger partial charge is 0.285 e. The highest BCUT2D eigenvalue weighted by Crippen LogP contribution is 2.27. The Morgan fingerprint density at radius 2 is 1.84 bits per heavy atom. The van der Waals surface area contributed by atoms with Gasteiger partial charge in [0, 0.05) is 18.4 Å². The lowest BCUT2D eigenvalue weighted by Crippen LogP contribution is -2.48. The van der Waals surface area contributed by atoms with Crippen LogP contribution in [-0.2, 0) is 19.4 Å². The minimum atomic E-state index is -3.21. The molecule has 1 aromatic heterocycles. The molecule has 4 rings (SSSR count). The normalized spacial score (nSPS) is 20.0. The third-order valence-electron chi connectivity index (χ3n) is 5.19. The zero-order valence-electron chi connectivity index (χ0n) is 17.2. The zero-order valence-corrected chi connectivity index (χ0v) is 18.8. The summed E-state index contributed by atoms with van der Waals surface area (Å²) >= 11 is 1.21. The molecule has 168 valence electrons. The van der Waals surface area contributed by atoms with E-state index in [0.29, 0.717) is 15.6 Å². The molecule has 2 aliphatic rings. The van der Waals surface area contributed by atoms with Gasteiger partial charge < -0.3 is 0 Å². The van der Waals surface area contributed by atoms with Crippen molar-refractivity contribution in [3.63, 3.8) is 0 Å². The first-order valence-electron chi connectivity index (χ1n) is 9.97. The molecule has 0 aliphatic carbocycles. The summed E-state index contributed by atoms with van der Waals surface area (Å²) in [4.78, 5) is 42.1. The molecule has 1 saturated heterocycles. The lowest BCUT2D eigenvalue weighted by Gasteiger charge is -2.27. The van der Waals surface area contributed by atoms with Crippen molar-refractivity contribution in [2.75, 3.05) is 11.5 Å². The summed E-state index contributed by atoms with van der Waals surface area (Å²) in [7, 11) is -3.21. The maximum absolute atomic E-state index is 12.6. The quantitative estimate of drug-likeness (QED) is 0.634. The number of thiazole rings is 1. The van der Waals surface area contributed by atoms with Gasteiger partial charge in [-0.25, -0.2) is 18.4 Å². The number of hydrogen-bond donors (Lipinski definition) is 2. The molecule has 3 heterocycles. The first-order valence-corrected chi connectivity index (χ1v) is 12.6. The van der Waals surface area contributed by atoms with Gasteiger partial charge >= 0.3 is 0 Å². The van der Waals surface area contributed by atoms with Crippen LogP contribution in [0.15, 0.2) is 35.4 Å². The highest BCUT2D eigenvalue weighted by atomic mass is 32.2. The molecular weight excluding hydrogens is 454 g/mol. The third kappa shape index (κ3) is 4.70. The van der Waals surface area contributed by atoms with Crippen LogP contribution in [0, 0.1) is 6.92 Å². The minimum Gasteiger partial charge on any atom is -0.273 e. The number of amides is 3. The summed E-state index contributed by atoms with van der Waals surface area (Å²) in [5, 5.41) is 5.88. The maximum atomic E-state index is 12.6. The third-order valence-corrected chi connectivity index (χ3v) is 8.14. The van der Waals surface area contributed by atoms with E-state index < -0.39 is 27.7 Å². The number of hydrazone groups is 1. The second-order valence-corrected chi connectivity index (χ2v) is 10.8. The van der Waals surface area contributed by atoms with E-state index >= 15 is 0 Å². The molecule has 1 aromatic carbocycles. The van der Waals surface area contributed by atoms with Gasteiger partial charge in [-0.1, -0.05) is 30.3 Å². The molecule has 0 unspecified atom stereocenters. The average Bonchev–Trinajstić information content (AvgIpc) is 3.34. The molecule has 2 aliphatic heterocycles.